The summed E-state index contributed by atoms with van der Waals surface area (Å²) in [5.41, 5.74) is 8.38. The number of aryl methyl sites for hydroxylation is 1. The number of halogens is 2. The largest absolute Gasteiger partial charge is 0.396 e. The number of benzene rings is 2. The Hall–Kier alpha value is -1.74. The molecule has 0 bridgehead atoms. The van der Waals surface area contributed by atoms with Gasteiger partial charge in [-0.2, -0.15) is 0 Å². The van der Waals surface area contributed by atoms with E-state index in [1.807, 2.05) is 6.07 Å². The van der Waals surface area contributed by atoms with Gasteiger partial charge in [-0.3, -0.25) is 0 Å². The number of hydrogen-bond donors (Lipinski definition) is 2. The van der Waals surface area contributed by atoms with E-state index >= 15 is 0 Å². The van der Waals surface area contributed by atoms with E-state index < -0.39 is 0 Å². The summed E-state index contributed by atoms with van der Waals surface area (Å²) in [7, 11) is 0. The molecule has 2 aromatic carbocycles. The number of anilines is 3. The summed E-state index contributed by atoms with van der Waals surface area (Å²) in [5.74, 6) is -0.227. The molecule has 17 heavy (non-hydrogen) atoms. The zero-order valence-corrected chi connectivity index (χ0v) is 10.1. The predicted molar refractivity (Wildman–Crippen MR) is 70.3 cm³/mol. The molecule has 0 spiro atoms. The third-order valence-corrected chi connectivity index (χ3v) is 2.82. The third-order valence-electron chi connectivity index (χ3n) is 2.49. The van der Waals surface area contributed by atoms with E-state index in [1.54, 1.807) is 31.2 Å². The van der Waals surface area contributed by atoms with Crippen molar-refractivity contribution in [2.75, 3.05) is 11.1 Å². The average molecular weight is 251 g/mol. The van der Waals surface area contributed by atoms with Crippen molar-refractivity contribution in [1.29, 1.82) is 0 Å². The number of nitrogen functional groups attached to an aromatic ring is 1. The van der Waals surface area contributed by atoms with E-state index in [0.717, 1.165) is 5.69 Å². The molecule has 4 heteroatoms. The van der Waals surface area contributed by atoms with E-state index in [4.69, 9.17) is 17.3 Å². The third kappa shape index (κ3) is 2.50. The van der Waals surface area contributed by atoms with Gasteiger partial charge in [-0.1, -0.05) is 17.7 Å². The minimum atomic E-state index is -0.227. The normalized spacial score (nSPS) is 10.3. The Balaban J connectivity index is 2.31. The molecule has 2 rings (SSSR count). The molecule has 0 fully saturated rings. The van der Waals surface area contributed by atoms with Crippen LogP contribution in [-0.2, 0) is 0 Å². The molecule has 0 unspecified atom stereocenters. The fraction of sp³-hybridized carbons (Fsp3) is 0.0769. The van der Waals surface area contributed by atoms with Crippen LogP contribution in [-0.4, -0.2) is 0 Å². The summed E-state index contributed by atoms with van der Waals surface area (Å²) in [6.45, 7) is 1.71. The first kappa shape index (κ1) is 11.7. The standard InChI is InChI=1S/C13H12ClFN2/c1-8-7-9(5-6-11(8)15)17-12-4-2-3-10(14)13(12)16/h2-7,17H,16H2,1H3. The first-order valence-electron chi connectivity index (χ1n) is 5.15. The number of para-hydroxylation sites is 1. The van der Waals surface area contributed by atoms with E-state index in [9.17, 15) is 4.39 Å². The summed E-state index contributed by atoms with van der Waals surface area (Å²) in [5, 5.41) is 3.60. The maximum atomic E-state index is 13.1. The van der Waals surface area contributed by atoms with E-state index in [0.29, 0.717) is 22.0 Å². The monoisotopic (exact) mass is 250 g/mol. The van der Waals surface area contributed by atoms with Gasteiger partial charge in [0.05, 0.1) is 16.4 Å². The van der Waals surface area contributed by atoms with Crippen LogP contribution in [0.4, 0.5) is 21.5 Å². The first-order valence-corrected chi connectivity index (χ1v) is 5.53. The molecular weight excluding hydrogens is 239 g/mol. The number of rotatable bonds is 2. The highest BCUT2D eigenvalue weighted by Gasteiger charge is 2.04. The molecular formula is C13H12ClFN2. The molecule has 0 heterocycles. The van der Waals surface area contributed by atoms with Crippen molar-refractivity contribution in [3.63, 3.8) is 0 Å². The Labute approximate surface area is 104 Å². The van der Waals surface area contributed by atoms with Crippen molar-refractivity contribution in [3.8, 4) is 0 Å². The molecule has 0 radical (unpaired) electrons. The lowest BCUT2D eigenvalue weighted by Gasteiger charge is -2.11. The van der Waals surface area contributed by atoms with E-state index in [1.165, 1.54) is 6.07 Å². The minimum absolute atomic E-state index is 0.227. The summed E-state index contributed by atoms with van der Waals surface area (Å²) in [4.78, 5) is 0. The molecule has 88 valence electrons. The average Bonchev–Trinajstić information content (AvgIpc) is 2.30. The van der Waals surface area contributed by atoms with Gasteiger partial charge in [0.25, 0.3) is 0 Å². The zero-order valence-electron chi connectivity index (χ0n) is 9.30. The summed E-state index contributed by atoms with van der Waals surface area (Å²) >= 11 is 5.91. The Bertz CT molecular complexity index is 555. The molecule has 2 aromatic rings. The lowest BCUT2D eigenvalue weighted by Crippen LogP contribution is -1.97. The topological polar surface area (TPSA) is 38.0 Å². The second-order valence-electron chi connectivity index (χ2n) is 3.79. The van der Waals surface area contributed by atoms with Crippen LogP contribution in [0.15, 0.2) is 36.4 Å². The summed E-state index contributed by atoms with van der Waals surface area (Å²) in [6, 6.07) is 10.1. The maximum absolute atomic E-state index is 13.1. The van der Waals surface area contributed by atoms with Crippen LogP contribution in [0.3, 0.4) is 0 Å². The Morgan fingerprint density at radius 1 is 1.24 bits per heavy atom. The quantitative estimate of drug-likeness (QED) is 0.787. The summed E-state index contributed by atoms with van der Waals surface area (Å²) < 4.78 is 13.1. The lowest BCUT2D eigenvalue weighted by molar-refractivity contribution is 0.619. The number of hydrogen-bond acceptors (Lipinski definition) is 2. The van der Waals surface area contributed by atoms with E-state index in [2.05, 4.69) is 5.32 Å². The second kappa shape index (κ2) is 4.63. The molecule has 0 aromatic heterocycles. The van der Waals surface area contributed by atoms with Crippen molar-refractivity contribution >= 4 is 28.7 Å². The molecule has 0 aliphatic rings. The van der Waals surface area contributed by atoms with Crippen molar-refractivity contribution in [2.24, 2.45) is 0 Å². The van der Waals surface area contributed by atoms with E-state index in [-0.39, 0.29) is 5.82 Å². The highest BCUT2D eigenvalue weighted by atomic mass is 35.5. The first-order chi connectivity index (χ1) is 8.08. The molecule has 0 amide bonds. The van der Waals surface area contributed by atoms with Crippen LogP contribution in [0.1, 0.15) is 5.56 Å². The Morgan fingerprint density at radius 2 is 2.00 bits per heavy atom. The number of nitrogens with one attached hydrogen (secondary N) is 1. The second-order valence-corrected chi connectivity index (χ2v) is 4.20. The Morgan fingerprint density at radius 3 is 2.71 bits per heavy atom. The van der Waals surface area contributed by atoms with Gasteiger partial charge in [-0.25, -0.2) is 4.39 Å². The molecule has 0 aliphatic carbocycles. The van der Waals surface area contributed by atoms with Crippen molar-refractivity contribution in [3.05, 3.63) is 52.8 Å². The summed E-state index contributed by atoms with van der Waals surface area (Å²) in [6.07, 6.45) is 0. The van der Waals surface area contributed by atoms with Crippen LogP contribution >= 0.6 is 11.6 Å². The van der Waals surface area contributed by atoms with Gasteiger partial charge in [-0.15, -0.1) is 0 Å². The van der Waals surface area contributed by atoms with Crippen LogP contribution in [0.2, 0.25) is 5.02 Å². The lowest BCUT2D eigenvalue weighted by atomic mass is 10.2. The van der Waals surface area contributed by atoms with Crippen LogP contribution < -0.4 is 11.1 Å². The zero-order chi connectivity index (χ0) is 12.4. The Kier molecular flexibility index (Phi) is 3.20. The van der Waals surface area contributed by atoms with Gasteiger partial charge in [-0.05, 0) is 42.8 Å². The molecule has 0 atom stereocenters. The van der Waals surface area contributed by atoms with Gasteiger partial charge in [0, 0.05) is 5.69 Å². The van der Waals surface area contributed by atoms with Crippen LogP contribution in [0.25, 0.3) is 0 Å². The van der Waals surface area contributed by atoms with Crippen LogP contribution in [0, 0.1) is 12.7 Å². The number of nitrogens with two attached hydrogens (primary N) is 1. The molecule has 2 nitrogen and oxygen atoms in total. The van der Waals surface area contributed by atoms with Crippen LogP contribution in [0.5, 0.6) is 0 Å². The van der Waals surface area contributed by atoms with Gasteiger partial charge in [0.1, 0.15) is 5.82 Å². The fourth-order valence-electron chi connectivity index (χ4n) is 1.52. The van der Waals surface area contributed by atoms with Gasteiger partial charge in [0.2, 0.25) is 0 Å². The highest BCUT2D eigenvalue weighted by molar-refractivity contribution is 6.33. The smallest absolute Gasteiger partial charge is 0.126 e. The minimum Gasteiger partial charge on any atom is -0.396 e. The van der Waals surface area contributed by atoms with Gasteiger partial charge >= 0.3 is 0 Å². The van der Waals surface area contributed by atoms with Gasteiger partial charge < -0.3 is 11.1 Å². The highest BCUT2D eigenvalue weighted by Crippen LogP contribution is 2.29. The SMILES string of the molecule is Cc1cc(Nc2cccc(Cl)c2N)ccc1F. The van der Waals surface area contributed by atoms with Crippen molar-refractivity contribution in [2.45, 2.75) is 6.92 Å². The molecule has 0 saturated carbocycles. The fourth-order valence-corrected chi connectivity index (χ4v) is 1.70. The predicted octanol–water partition coefficient (Wildman–Crippen LogP) is 4.11. The van der Waals surface area contributed by atoms with Crippen molar-refractivity contribution < 1.29 is 4.39 Å². The molecule has 0 aliphatic heterocycles. The maximum Gasteiger partial charge on any atom is 0.126 e. The van der Waals surface area contributed by atoms with Gasteiger partial charge in [0.15, 0.2) is 0 Å². The van der Waals surface area contributed by atoms with Crippen molar-refractivity contribution in [1.82, 2.24) is 0 Å². The molecule has 3 N–H and O–H groups in total. The molecule has 0 saturated heterocycles.